The third-order valence-corrected chi connectivity index (χ3v) is 3.40. The van der Waals surface area contributed by atoms with Crippen LogP contribution in [0.2, 0.25) is 5.02 Å². The van der Waals surface area contributed by atoms with Crippen molar-refractivity contribution in [3.63, 3.8) is 0 Å². The number of nitrogens with one attached hydrogen (secondary N) is 1. The summed E-state index contributed by atoms with van der Waals surface area (Å²) < 4.78 is 1.62. The van der Waals surface area contributed by atoms with Crippen molar-refractivity contribution in [2.75, 3.05) is 11.9 Å². The van der Waals surface area contributed by atoms with Gasteiger partial charge in [0.1, 0.15) is 0 Å². The van der Waals surface area contributed by atoms with Crippen LogP contribution >= 0.6 is 11.6 Å². The highest BCUT2D eigenvalue weighted by Gasteiger charge is 2.30. The Balaban J connectivity index is 1.97. The van der Waals surface area contributed by atoms with E-state index in [2.05, 4.69) is 20.8 Å². The number of carbonyl (C=O) groups excluding carboxylic acids is 1. The number of aromatic nitrogens is 4. The van der Waals surface area contributed by atoms with Gasteiger partial charge < -0.3 is 11.1 Å². The highest BCUT2D eigenvalue weighted by Crippen LogP contribution is 2.39. The Bertz CT molecular complexity index is 651. The Morgan fingerprint density at radius 3 is 3.00 bits per heavy atom. The summed E-state index contributed by atoms with van der Waals surface area (Å²) in [7, 11) is 0. The molecule has 3 N–H and O–H groups in total. The van der Waals surface area contributed by atoms with E-state index in [4.69, 9.17) is 17.3 Å². The molecule has 0 radical (unpaired) electrons. The Labute approximate surface area is 120 Å². The normalized spacial score (nSPS) is 14.3. The van der Waals surface area contributed by atoms with Crippen LogP contribution in [-0.2, 0) is 4.79 Å². The number of benzene rings is 1. The predicted octanol–water partition coefficient (Wildman–Crippen LogP) is 1.09. The van der Waals surface area contributed by atoms with Gasteiger partial charge in [-0.25, -0.2) is 0 Å². The minimum atomic E-state index is -0.266. The maximum atomic E-state index is 11.3. The first-order valence-electron chi connectivity index (χ1n) is 6.27. The number of hydrogen-bond acceptors (Lipinski definition) is 5. The van der Waals surface area contributed by atoms with E-state index in [1.807, 2.05) is 0 Å². The minimum absolute atomic E-state index is 0.0732. The molecule has 1 aromatic carbocycles. The Morgan fingerprint density at radius 1 is 1.50 bits per heavy atom. The zero-order valence-electron chi connectivity index (χ0n) is 10.6. The van der Waals surface area contributed by atoms with Gasteiger partial charge in [-0.2, -0.15) is 4.68 Å². The van der Waals surface area contributed by atoms with Gasteiger partial charge in [0.15, 0.2) is 5.82 Å². The first-order valence-corrected chi connectivity index (χ1v) is 6.65. The summed E-state index contributed by atoms with van der Waals surface area (Å²) in [6.07, 6.45) is 2.17. The van der Waals surface area contributed by atoms with Crippen molar-refractivity contribution in [2.24, 2.45) is 5.73 Å². The smallest absolute Gasteiger partial charge is 0.238 e. The highest BCUT2D eigenvalue weighted by molar-refractivity contribution is 6.32. The van der Waals surface area contributed by atoms with E-state index in [9.17, 15) is 4.79 Å². The van der Waals surface area contributed by atoms with E-state index >= 15 is 0 Å². The fourth-order valence-corrected chi connectivity index (χ4v) is 2.12. The van der Waals surface area contributed by atoms with Crippen molar-refractivity contribution in [3.8, 4) is 5.69 Å². The molecule has 1 saturated carbocycles. The molecule has 0 saturated heterocycles. The van der Waals surface area contributed by atoms with Crippen LogP contribution in [0.3, 0.4) is 0 Å². The highest BCUT2D eigenvalue weighted by atomic mass is 35.5. The molecule has 1 fully saturated rings. The first kappa shape index (κ1) is 13.0. The third kappa shape index (κ3) is 2.50. The van der Waals surface area contributed by atoms with Crippen molar-refractivity contribution in [1.82, 2.24) is 20.2 Å². The van der Waals surface area contributed by atoms with Crippen LogP contribution in [0.25, 0.3) is 5.69 Å². The SMILES string of the molecule is NCC(=O)Nc1ccc(Cl)c(-n2nnnc2C2CC2)c1. The fourth-order valence-electron chi connectivity index (χ4n) is 1.93. The summed E-state index contributed by atoms with van der Waals surface area (Å²) in [4.78, 5) is 11.3. The molecule has 2 aromatic rings. The van der Waals surface area contributed by atoms with Crippen LogP contribution in [0.1, 0.15) is 24.6 Å². The second-order valence-electron chi connectivity index (χ2n) is 4.64. The average Bonchev–Trinajstić information content (AvgIpc) is 3.18. The van der Waals surface area contributed by atoms with Gasteiger partial charge in [0.2, 0.25) is 5.91 Å². The topological polar surface area (TPSA) is 98.7 Å². The monoisotopic (exact) mass is 292 g/mol. The van der Waals surface area contributed by atoms with Crippen LogP contribution < -0.4 is 11.1 Å². The lowest BCUT2D eigenvalue weighted by molar-refractivity contribution is -0.114. The van der Waals surface area contributed by atoms with E-state index in [1.165, 1.54) is 0 Å². The molecular formula is C12H13ClN6O. The number of rotatable bonds is 4. The van der Waals surface area contributed by atoms with Crippen molar-refractivity contribution < 1.29 is 4.79 Å². The molecule has 0 unspecified atom stereocenters. The number of hydrogen-bond donors (Lipinski definition) is 2. The number of amides is 1. The molecule has 0 bridgehead atoms. The van der Waals surface area contributed by atoms with Gasteiger partial charge in [-0.3, -0.25) is 4.79 Å². The quantitative estimate of drug-likeness (QED) is 0.879. The van der Waals surface area contributed by atoms with Gasteiger partial charge >= 0.3 is 0 Å². The van der Waals surface area contributed by atoms with Gasteiger partial charge in [0.25, 0.3) is 0 Å². The fraction of sp³-hybridized carbons (Fsp3) is 0.333. The maximum Gasteiger partial charge on any atom is 0.238 e. The van der Waals surface area contributed by atoms with E-state index < -0.39 is 0 Å². The van der Waals surface area contributed by atoms with Crippen LogP contribution in [0.15, 0.2) is 18.2 Å². The molecule has 0 atom stereocenters. The lowest BCUT2D eigenvalue weighted by Crippen LogP contribution is -2.21. The number of tetrazole rings is 1. The predicted molar refractivity (Wildman–Crippen MR) is 73.8 cm³/mol. The summed E-state index contributed by atoms with van der Waals surface area (Å²) in [5.41, 5.74) is 6.53. The van der Waals surface area contributed by atoms with Crippen LogP contribution in [0.4, 0.5) is 5.69 Å². The molecular weight excluding hydrogens is 280 g/mol. The summed E-state index contributed by atoms with van der Waals surface area (Å²) in [5, 5.41) is 14.9. The summed E-state index contributed by atoms with van der Waals surface area (Å²) in [5.74, 6) is 0.926. The number of nitrogens with zero attached hydrogens (tertiary/aromatic N) is 4. The number of halogens is 1. The van der Waals surface area contributed by atoms with Gasteiger partial charge in [0.05, 0.1) is 17.3 Å². The molecule has 1 aromatic heterocycles. The summed E-state index contributed by atoms with van der Waals surface area (Å²) in [6.45, 7) is -0.0732. The minimum Gasteiger partial charge on any atom is -0.325 e. The average molecular weight is 293 g/mol. The Kier molecular flexibility index (Phi) is 3.37. The molecule has 1 aliphatic carbocycles. The zero-order chi connectivity index (χ0) is 14.1. The third-order valence-electron chi connectivity index (χ3n) is 3.08. The van der Waals surface area contributed by atoms with Crippen molar-refractivity contribution in [1.29, 1.82) is 0 Å². The van der Waals surface area contributed by atoms with Crippen molar-refractivity contribution in [2.45, 2.75) is 18.8 Å². The van der Waals surface area contributed by atoms with E-state index in [0.29, 0.717) is 22.3 Å². The summed E-state index contributed by atoms with van der Waals surface area (Å²) in [6, 6.07) is 5.14. The molecule has 7 nitrogen and oxygen atoms in total. The lowest BCUT2D eigenvalue weighted by atomic mass is 10.2. The standard InChI is InChI=1S/C12H13ClN6O/c13-9-4-3-8(15-11(20)6-14)5-10(9)19-12(7-1-2-7)16-17-18-19/h3-5,7H,1-2,6,14H2,(H,15,20). The molecule has 104 valence electrons. The largest absolute Gasteiger partial charge is 0.325 e. The molecule has 1 aliphatic rings. The number of carbonyl (C=O) groups is 1. The molecule has 20 heavy (non-hydrogen) atoms. The molecule has 3 rings (SSSR count). The van der Waals surface area contributed by atoms with Gasteiger partial charge in [-0.15, -0.1) is 5.10 Å². The van der Waals surface area contributed by atoms with Crippen LogP contribution in [0, 0.1) is 0 Å². The van der Waals surface area contributed by atoms with Gasteiger partial charge in [0, 0.05) is 11.6 Å². The molecule has 1 heterocycles. The summed E-state index contributed by atoms with van der Waals surface area (Å²) >= 11 is 6.20. The van der Waals surface area contributed by atoms with Crippen LogP contribution in [0.5, 0.6) is 0 Å². The Morgan fingerprint density at radius 2 is 2.30 bits per heavy atom. The molecule has 1 amide bonds. The van der Waals surface area contributed by atoms with Gasteiger partial charge in [-0.05, 0) is 41.5 Å². The van der Waals surface area contributed by atoms with E-state index in [0.717, 1.165) is 18.7 Å². The van der Waals surface area contributed by atoms with Crippen molar-refractivity contribution >= 4 is 23.2 Å². The van der Waals surface area contributed by atoms with Crippen molar-refractivity contribution in [3.05, 3.63) is 29.0 Å². The second-order valence-corrected chi connectivity index (χ2v) is 5.05. The first-order chi connectivity index (χ1) is 9.69. The lowest BCUT2D eigenvalue weighted by Gasteiger charge is -2.09. The maximum absolute atomic E-state index is 11.3. The number of anilines is 1. The number of nitrogens with two attached hydrogens (primary N) is 1. The molecule has 8 heteroatoms. The zero-order valence-corrected chi connectivity index (χ0v) is 11.3. The van der Waals surface area contributed by atoms with Gasteiger partial charge in [-0.1, -0.05) is 11.6 Å². The van der Waals surface area contributed by atoms with E-state index in [1.54, 1.807) is 22.9 Å². The molecule has 0 aliphatic heterocycles. The second kappa shape index (κ2) is 5.18. The molecule has 0 spiro atoms. The van der Waals surface area contributed by atoms with Crippen LogP contribution in [-0.4, -0.2) is 32.7 Å². The Hall–Kier alpha value is -1.99. The van der Waals surface area contributed by atoms with E-state index in [-0.39, 0.29) is 12.5 Å².